The lowest BCUT2D eigenvalue weighted by atomic mass is 10.1. The maximum absolute atomic E-state index is 10.4. The lowest BCUT2D eigenvalue weighted by Gasteiger charge is -2.09. The van der Waals surface area contributed by atoms with Crippen molar-refractivity contribution in [2.24, 2.45) is 5.11 Å². The number of azide groups is 1. The highest BCUT2D eigenvalue weighted by atomic mass is 16.4. The number of carbonyl (C=O) groups excluding carboxylic acids is 1. The lowest BCUT2D eigenvalue weighted by molar-refractivity contribution is -0.408. The van der Waals surface area contributed by atoms with Gasteiger partial charge in [0.2, 0.25) is 0 Å². The van der Waals surface area contributed by atoms with Crippen LogP contribution in [0.3, 0.4) is 0 Å². The Bertz CT molecular complexity index is 271. The normalized spacial score (nSPS) is 14.5. The summed E-state index contributed by atoms with van der Waals surface area (Å²) >= 11 is 0. The first-order valence-corrected chi connectivity index (χ1v) is 4.47. The van der Waals surface area contributed by atoms with Gasteiger partial charge in [0.05, 0.1) is 18.6 Å². The molecule has 0 radical (unpaired) electrons. The van der Waals surface area contributed by atoms with Crippen molar-refractivity contribution in [3.8, 4) is 0 Å². The zero-order valence-electron chi connectivity index (χ0n) is 8.24. The molecular formula is C8H14N4O3. The Kier molecular flexibility index (Phi) is 7.00. The average molecular weight is 214 g/mol. The van der Waals surface area contributed by atoms with Crippen molar-refractivity contribution in [3.05, 3.63) is 22.6 Å². The Morgan fingerprint density at radius 3 is 2.87 bits per heavy atom. The van der Waals surface area contributed by atoms with Gasteiger partial charge in [-0.1, -0.05) is 11.2 Å². The van der Waals surface area contributed by atoms with E-state index >= 15 is 0 Å². The van der Waals surface area contributed by atoms with Gasteiger partial charge in [-0.25, -0.2) is 0 Å². The van der Waals surface area contributed by atoms with Crippen LogP contribution in [-0.2, 0) is 4.79 Å². The minimum atomic E-state index is -1.38. The third-order valence-electron chi connectivity index (χ3n) is 1.71. The SMILES string of the molecule is [N-]=[N+]=N[C@H](CC/C=C\[C@@H]([NH3+])CO)C(=O)[O-]. The van der Waals surface area contributed by atoms with E-state index in [2.05, 4.69) is 15.8 Å². The van der Waals surface area contributed by atoms with Crippen molar-refractivity contribution in [3.63, 3.8) is 0 Å². The Morgan fingerprint density at radius 1 is 1.73 bits per heavy atom. The molecule has 2 atom stereocenters. The molecule has 0 heterocycles. The zero-order chi connectivity index (χ0) is 11.7. The molecule has 0 rings (SSSR count). The van der Waals surface area contributed by atoms with Gasteiger partial charge in [0.1, 0.15) is 6.04 Å². The van der Waals surface area contributed by atoms with Gasteiger partial charge in [-0.05, 0) is 24.4 Å². The van der Waals surface area contributed by atoms with Gasteiger partial charge < -0.3 is 20.7 Å². The second-order valence-electron chi connectivity index (χ2n) is 2.99. The van der Waals surface area contributed by atoms with Crippen molar-refractivity contribution in [1.29, 1.82) is 0 Å². The molecule has 4 N–H and O–H groups in total. The molecule has 0 aromatic heterocycles. The molecule has 0 aliphatic carbocycles. The summed E-state index contributed by atoms with van der Waals surface area (Å²) in [4.78, 5) is 12.8. The first kappa shape index (κ1) is 13.4. The maximum atomic E-state index is 10.4. The molecule has 7 nitrogen and oxygen atoms in total. The fourth-order valence-electron chi connectivity index (χ4n) is 0.889. The lowest BCUT2D eigenvalue weighted by Crippen LogP contribution is -2.61. The van der Waals surface area contributed by atoms with Gasteiger partial charge in [-0.15, -0.1) is 0 Å². The number of carboxylic acid groups (broad SMARTS) is 1. The van der Waals surface area contributed by atoms with Gasteiger partial charge in [-0.3, -0.25) is 0 Å². The molecule has 7 heteroatoms. The van der Waals surface area contributed by atoms with E-state index < -0.39 is 12.0 Å². The number of carbonyl (C=O) groups is 1. The molecule has 84 valence electrons. The molecule has 0 aliphatic rings. The Hall–Kier alpha value is -1.56. The second-order valence-corrected chi connectivity index (χ2v) is 2.99. The van der Waals surface area contributed by atoms with E-state index in [1.54, 1.807) is 12.2 Å². The number of rotatable bonds is 7. The molecule has 0 amide bonds. The van der Waals surface area contributed by atoms with Crippen LogP contribution in [0, 0.1) is 0 Å². The van der Waals surface area contributed by atoms with Gasteiger partial charge in [0.25, 0.3) is 0 Å². The molecule has 0 bridgehead atoms. The third kappa shape index (κ3) is 6.50. The zero-order valence-corrected chi connectivity index (χ0v) is 8.24. The highest BCUT2D eigenvalue weighted by Gasteiger charge is 2.05. The minimum absolute atomic E-state index is 0.0588. The van der Waals surface area contributed by atoms with E-state index in [0.717, 1.165) is 0 Å². The van der Waals surface area contributed by atoms with Crippen LogP contribution in [0.5, 0.6) is 0 Å². The Labute approximate surface area is 86.8 Å². The highest BCUT2D eigenvalue weighted by molar-refractivity contribution is 5.71. The van der Waals surface area contributed by atoms with E-state index in [1.165, 1.54) is 0 Å². The molecule has 0 aromatic carbocycles. The molecule has 0 aliphatic heterocycles. The Morgan fingerprint density at radius 2 is 2.40 bits per heavy atom. The summed E-state index contributed by atoms with van der Waals surface area (Å²) in [7, 11) is 0. The first-order valence-electron chi connectivity index (χ1n) is 4.47. The van der Waals surface area contributed by atoms with Crippen LogP contribution in [0.25, 0.3) is 10.4 Å². The number of aliphatic hydroxyl groups excluding tert-OH is 1. The van der Waals surface area contributed by atoms with Gasteiger partial charge in [0.15, 0.2) is 0 Å². The van der Waals surface area contributed by atoms with Gasteiger partial charge in [0, 0.05) is 4.91 Å². The topological polar surface area (TPSA) is 137 Å². The average Bonchev–Trinajstić information content (AvgIpc) is 2.21. The predicted molar refractivity (Wildman–Crippen MR) is 50.1 cm³/mol. The highest BCUT2D eigenvalue weighted by Crippen LogP contribution is 2.02. The van der Waals surface area contributed by atoms with Crippen molar-refractivity contribution < 1.29 is 20.7 Å². The van der Waals surface area contributed by atoms with E-state index in [-0.39, 0.29) is 19.1 Å². The number of hydrogen-bond acceptors (Lipinski definition) is 4. The first-order chi connectivity index (χ1) is 7.11. The van der Waals surface area contributed by atoms with Crippen LogP contribution in [0.4, 0.5) is 0 Å². The van der Waals surface area contributed by atoms with Crippen LogP contribution in [-0.4, -0.2) is 29.8 Å². The molecule has 0 aromatic rings. The monoisotopic (exact) mass is 214 g/mol. The van der Waals surface area contributed by atoms with E-state index in [4.69, 9.17) is 10.6 Å². The van der Waals surface area contributed by atoms with E-state index in [9.17, 15) is 9.90 Å². The van der Waals surface area contributed by atoms with Crippen molar-refractivity contribution >= 4 is 5.97 Å². The molecule has 0 spiro atoms. The number of hydrogen-bond donors (Lipinski definition) is 2. The number of allylic oxidation sites excluding steroid dienone is 1. The van der Waals surface area contributed by atoms with Gasteiger partial charge in [-0.2, -0.15) is 0 Å². The summed E-state index contributed by atoms with van der Waals surface area (Å²) in [5, 5.41) is 22.1. The largest absolute Gasteiger partial charge is 0.550 e. The summed E-state index contributed by atoms with van der Waals surface area (Å²) in [6, 6.07) is -1.34. The van der Waals surface area contributed by atoms with Gasteiger partial charge >= 0.3 is 0 Å². The summed E-state index contributed by atoms with van der Waals surface area (Å²) in [6.07, 6.45) is 3.98. The molecule has 0 saturated carbocycles. The van der Waals surface area contributed by atoms with E-state index in [0.29, 0.717) is 6.42 Å². The molecule has 0 saturated heterocycles. The Balaban J connectivity index is 3.96. The fraction of sp³-hybridized carbons (Fsp3) is 0.625. The minimum Gasteiger partial charge on any atom is -0.550 e. The number of aliphatic hydroxyl groups is 1. The summed E-state index contributed by atoms with van der Waals surface area (Å²) in [5.41, 5.74) is 11.7. The predicted octanol–water partition coefficient (Wildman–Crippen LogP) is -1.65. The van der Waals surface area contributed by atoms with E-state index in [1.807, 2.05) is 0 Å². The van der Waals surface area contributed by atoms with Crippen LogP contribution in [0.15, 0.2) is 17.3 Å². The molecule has 15 heavy (non-hydrogen) atoms. The van der Waals surface area contributed by atoms with Crippen LogP contribution < -0.4 is 10.8 Å². The summed E-state index contributed by atoms with van der Waals surface area (Å²) < 4.78 is 0. The molecular weight excluding hydrogens is 200 g/mol. The quantitative estimate of drug-likeness (QED) is 0.227. The van der Waals surface area contributed by atoms with Crippen LogP contribution >= 0.6 is 0 Å². The smallest absolute Gasteiger partial charge is 0.126 e. The van der Waals surface area contributed by atoms with Crippen LogP contribution in [0.2, 0.25) is 0 Å². The number of nitrogens with zero attached hydrogens (tertiary/aromatic N) is 3. The standard InChI is InChI=1S/C8H14N4O3/c9-6(5-13)3-1-2-4-7(8(14)15)11-12-10/h1,3,6-7,13H,2,4-5,9H2,(H,14,15)/b3-1-/t6-,7-/m1/s1. The summed E-state index contributed by atoms with van der Waals surface area (Å²) in [6.45, 7) is -0.0588. The summed E-state index contributed by atoms with van der Waals surface area (Å²) in [5.74, 6) is -1.38. The number of aliphatic carboxylic acids is 1. The molecule has 0 fully saturated rings. The fourth-order valence-corrected chi connectivity index (χ4v) is 0.889. The van der Waals surface area contributed by atoms with Crippen molar-refractivity contribution in [1.82, 2.24) is 0 Å². The maximum Gasteiger partial charge on any atom is 0.126 e. The molecule has 0 unspecified atom stereocenters. The number of quaternary nitrogens is 1. The van der Waals surface area contributed by atoms with Crippen molar-refractivity contribution in [2.75, 3.05) is 6.61 Å². The van der Waals surface area contributed by atoms with Crippen molar-refractivity contribution in [2.45, 2.75) is 24.9 Å². The van der Waals surface area contributed by atoms with Crippen LogP contribution in [0.1, 0.15) is 12.8 Å². The number of carboxylic acids is 1. The second kappa shape index (κ2) is 7.81. The third-order valence-corrected chi connectivity index (χ3v) is 1.71.